The van der Waals surface area contributed by atoms with Gasteiger partial charge in [-0.3, -0.25) is 0 Å². The summed E-state index contributed by atoms with van der Waals surface area (Å²) in [5.74, 6) is -0.151. The zero-order chi connectivity index (χ0) is 9.14. The maximum absolute atomic E-state index is 13.2. The summed E-state index contributed by atoms with van der Waals surface area (Å²) in [6.45, 7) is 7.40. The first-order chi connectivity index (χ1) is 5.69. The van der Waals surface area contributed by atoms with Crippen LogP contribution in [0.4, 0.5) is 4.39 Å². The highest BCUT2D eigenvalue weighted by Gasteiger charge is 2.03. The van der Waals surface area contributed by atoms with E-state index in [1.165, 1.54) is 0 Å². The first-order valence-corrected chi connectivity index (χ1v) is 4.10. The van der Waals surface area contributed by atoms with Gasteiger partial charge in [-0.1, -0.05) is 25.6 Å². The van der Waals surface area contributed by atoms with Gasteiger partial charge in [-0.25, -0.2) is 4.39 Å². The van der Waals surface area contributed by atoms with Crippen LogP contribution in [0.5, 0.6) is 0 Å². The van der Waals surface area contributed by atoms with Gasteiger partial charge in [0, 0.05) is 5.56 Å². The topological polar surface area (TPSA) is 0 Å². The Balaban J connectivity index is 3.28. The minimum atomic E-state index is -0.151. The zero-order valence-corrected chi connectivity index (χ0v) is 7.52. The van der Waals surface area contributed by atoms with Crippen LogP contribution in [0, 0.1) is 12.7 Å². The van der Waals surface area contributed by atoms with Gasteiger partial charge >= 0.3 is 0 Å². The molecule has 1 aromatic rings. The smallest absolute Gasteiger partial charge is 0.133 e. The van der Waals surface area contributed by atoms with E-state index in [9.17, 15) is 4.39 Å². The van der Waals surface area contributed by atoms with Crippen LogP contribution in [-0.4, -0.2) is 0 Å². The molecule has 0 unspecified atom stereocenters. The van der Waals surface area contributed by atoms with Crippen molar-refractivity contribution in [1.82, 2.24) is 0 Å². The third-order valence-electron chi connectivity index (χ3n) is 1.97. The van der Waals surface area contributed by atoms with Crippen molar-refractivity contribution in [3.63, 3.8) is 0 Å². The predicted molar refractivity (Wildman–Crippen MR) is 50.6 cm³/mol. The van der Waals surface area contributed by atoms with Crippen molar-refractivity contribution in [2.45, 2.75) is 20.3 Å². The minimum absolute atomic E-state index is 0.151. The van der Waals surface area contributed by atoms with Crippen molar-refractivity contribution in [2.75, 3.05) is 0 Å². The molecular formula is C11H13F. The van der Waals surface area contributed by atoms with Crippen molar-refractivity contribution in [3.05, 3.63) is 41.2 Å². The molecule has 12 heavy (non-hydrogen) atoms. The Morgan fingerprint density at radius 2 is 2.17 bits per heavy atom. The summed E-state index contributed by atoms with van der Waals surface area (Å²) < 4.78 is 13.2. The molecule has 0 aliphatic rings. The molecule has 1 aromatic carbocycles. The standard InChI is InChI=1S/C11H13F/c1-4-9-6-8(3)11(12)10(5-2)7-9/h5-7H,2,4H2,1,3H3. The van der Waals surface area contributed by atoms with Crippen LogP contribution in [0.25, 0.3) is 6.08 Å². The quantitative estimate of drug-likeness (QED) is 0.629. The number of hydrogen-bond donors (Lipinski definition) is 0. The summed E-state index contributed by atoms with van der Waals surface area (Å²) in [6, 6.07) is 3.72. The van der Waals surface area contributed by atoms with Gasteiger partial charge in [-0.05, 0) is 30.5 Å². The molecule has 0 aliphatic carbocycles. The van der Waals surface area contributed by atoms with E-state index in [4.69, 9.17) is 0 Å². The second-order valence-electron chi connectivity index (χ2n) is 2.87. The molecule has 0 aliphatic heterocycles. The third-order valence-corrected chi connectivity index (χ3v) is 1.97. The highest BCUT2D eigenvalue weighted by Crippen LogP contribution is 2.16. The van der Waals surface area contributed by atoms with Crippen molar-refractivity contribution >= 4 is 6.08 Å². The van der Waals surface area contributed by atoms with Gasteiger partial charge in [0.25, 0.3) is 0 Å². The molecule has 0 bridgehead atoms. The SMILES string of the molecule is C=Cc1cc(CC)cc(C)c1F. The van der Waals surface area contributed by atoms with Crippen molar-refractivity contribution in [1.29, 1.82) is 0 Å². The summed E-state index contributed by atoms with van der Waals surface area (Å²) in [7, 11) is 0. The van der Waals surface area contributed by atoms with Crippen molar-refractivity contribution in [2.24, 2.45) is 0 Å². The first kappa shape index (κ1) is 8.98. The summed E-state index contributed by atoms with van der Waals surface area (Å²) in [5, 5.41) is 0. The molecule has 0 spiro atoms. The zero-order valence-electron chi connectivity index (χ0n) is 7.52. The molecule has 0 heterocycles. The van der Waals surface area contributed by atoms with Crippen LogP contribution in [-0.2, 0) is 6.42 Å². The molecule has 1 rings (SSSR count). The third kappa shape index (κ3) is 1.55. The van der Waals surface area contributed by atoms with Crippen LogP contribution in [0.15, 0.2) is 18.7 Å². The van der Waals surface area contributed by atoms with E-state index in [2.05, 4.69) is 13.5 Å². The Bertz CT molecular complexity index is 300. The van der Waals surface area contributed by atoms with Crippen LogP contribution in [0.3, 0.4) is 0 Å². The minimum Gasteiger partial charge on any atom is -0.206 e. The fraction of sp³-hybridized carbons (Fsp3) is 0.273. The van der Waals surface area contributed by atoms with Crippen LogP contribution >= 0.6 is 0 Å². The molecule has 0 amide bonds. The Hall–Kier alpha value is -1.11. The normalized spacial score (nSPS) is 9.92. The molecule has 0 N–H and O–H groups in total. The molecule has 0 saturated carbocycles. The second-order valence-corrected chi connectivity index (χ2v) is 2.87. The average molecular weight is 164 g/mol. The second kappa shape index (κ2) is 3.53. The Morgan fingerprint density at radius 1 is 1.50 bits per heavy atom. The maximum atomic E-state index is 13.2. The van der Waals surface area contributed by atoms with E-state index in [0.717, 1.165) is 12.0 Å². The highest BCUT2D eigenvalue weighted by atomic mass is 19.1. The Morgan fingerprint density at radius 3 is 2.67 bits per heavy atom. The van der Waals surface area contributed by atoms with E-state index >= 15 is 0 Å². The van der Waals surface area contributed by atoms with Crippen molar-refractivity contribution < 1.29 is 4.39 Å². The van der Waals surface area contributed by atoms with Crippen molar-refractivity contribution in [3.8, 4) is 0 Å². The lowest BCUT2D eigenvalue weighted by molar-refractivity contribution is 0.615. The van der Waals surface area contributed by atoms with Gasteiger partial charge in [0.15, 0.2) is 0 Å². The summed E-state index contributed by atoms with van der Waals surface area (Å²) in [4.78, 5) is 0. The molecule has 0 aromatic heterocycles. The maximum Gasteiger partial charge on any atom is 0.133 e. The number of aryl methyl sites for hydroxylation is 2. The van der Waals surface area contributed by atoms with E-state index in [1.807, 2.05) is 12.1 Å². The Labute approximate surface area is 72.7 Å². The van der Waals surface area contributed by atoms with Crippen LogP contribution < -0.4 is 0 Å². The molecule has 0 atom stereocenters. The Kier molecular flexibility index (Phi) is 2.64. The van der Waals surface area contributed by atoms with Crippen LogP contribution in [0.2, 0.25) is 0 Å². The van der Waals surface area contributed by atoms with Gasteiger partial charge in [0.1, 0.15) is 5.82 Å². The van der Waals surface area contributed by atoms with Gasteiger partial charge in [0.2, 0.25) is 0 Å². The number of hydrogen-bond acceptors (Lipinski definition) is 0. The molecular weight excluding hydrogens is 151 g/mol. The molecule has 64 valence electrons. The molecule has 0 radical (unpaired) electrons. The molecule has 0 fully saturated rings. The summed E-state index contributed by atoms with van der Waals surface area (Å²) in [5.41, 5.74) is 2.46. The van der Waals surface area contributed by atoms with E-state index in [1.54, 1.807) is 13.0 Å². The van der Waals surface area contributed by atoms with E-state index in [0.29, 0.717) is 11.1 Å². The summed E-state index contributed by atoms with van der Waals surface area (Å²) >= 11 is 0. The predicted octanol–water partition coefficient (Wildman–Crippen LogP) is 3.34. The lowest BCUT2D eigenvalue weighted by Gasteiger charge is -2.04. The largest absolute Gasteiger partial charge is 0.206 e. The van der Waals surface area contributed by atoms with Gasteiger partial charge in [0.05, 0.1) is 0 Å². The number of benzene rings is 1. The lowest BCUT2D eigenvalue weighted by atomic mass is 10.0. The van der Waals surface area contributed by atoms with E-state index in [-0.39, 0.29) is 5.82 Å². The molecule has 0 saturated heterocycles. The van der Waals surface area contributed by atoms with Gasteiger partial charge in [-0.15, -0.1) is 0 Å². The van der Waals surface area contributed by atoms with Gasteiger partial charge in [-0.2, -0.15) is 0 Å². The number of halogens is 1. The molecule has 1 heteroatoms. The van der Waals surface area contributed by atoms with Gasteiger partial charge < -0.3 is 0 Å². The first-order valence-electron chi connectivity index (χ1n) is 4.10. The number of rotatable bonds is 2. The fourth-order valence-electron chi connectivity index (χ4n) is 1.23. The highest BCUT2D eigenvalue weighted by molar-refractivity contribution is 5.51. The molecule has 0 nitrogen and oxygen atoms in total. The fourth-order valence-corrected chi connectivity index (χ4v) is 1.23. The summed E-state index contributed by atoms with van der Waals surface area (Å²) in [6.07, 6.45) is 2.49. The van der Waals surface area contributed by atoms with Crippen LogP contribution in [0.1, 0.15) is 23.6 Å². The average Bonchev–Trinajstić information content (AvgIpc) is 2.09. The monoisotopic (exact) mass is 164 g/mol. The van der Waals surface area contributed by atoms with E-state index < -0.39 is 0 Å². The lowest BCUT2D eigenvalue weighted by Crippen LogP contribution is -1.91.